The van der Waals surface area contributed by atoms with Crippen molar-refractivity contribution in [1.29, 1.82) is 0 Å². The SMILES string of the molecule is CCOC(=O)c1c(NC(=O)CSc2nc3scc(-c4cccs4)c3c(=O)n2-c2ccccc2)sc2c1CCCCC2. The van der Waals surface area contributed by atoms with E-state index in [-0.39, 0.29) is 29.8 Å². The fraction of sp³-hybridized carbons (Fsp3) is 0.267. The Bertz CT molecular complexity index is 1770. The number of esters is 1. The van der Waals surface area contributed by atoms with Gasteiger partial charge in [-0.25, -0.2) is 9.78 Å². The van der Waals surface area contributed by atoms with E-state index in [4.69, 9.17) is 9.72 Å². The summed E-state index contributed by atoms with van der Waals surface area (Å²) in [5, 5.41) is 8.50. The fourth-order valence-corrected chi connectivity index (χ4v) is 8.94. The van der Waals surface area contributed by atoms with E-state index in [0.717, 1.165) is 53.0 Å². The molecule has 0 unspecified atom stereocenters. The van der Waals surface area contributed by atoms with Gasteiger partial charge >= 0.3 is 5.97 Å². The predicted octanol–water partition coefficient (Wildman–Crippen LogP) is 7.41. The molecule has 0 fully saturated rings. The fourth-order valence-electron chi connectivity index (χ4n) is 5.03. The summed E-state index contributed by atoms with van der Waals surface area (Å²) in [6.45, 7) is 2.06. The molecule has 1 aromatic carbocycles. The maximum absolute atomic E-state index is 14.0. The maximum atomic E-state index is 14.0. The number of para-hydroxylation sites is 1. The molecule has 41 heavy (non-hydrogen) atoms. The molecule has 0 saturated carbocycles. The highest BCUT2D eigenvalue weighted by molar-refractivity contribution is 7.99. The minimum absolute atomic E-state index is 0.0266. The number of amides is 1. The van der Waals surface area contributed by atoms with Crippen molar-refractivity contribution >= 4 is 72.9 Å². The number of aryl methyl sites for hydroxylation is 1. The molecular formula is C30H27N3O4S4. The Morgan fingerprint density at radius 2 is 1.90 bits per heavy atom. The van der Waals surface area contributed by atoms with Crippen LogP contribution in [0.15, 0.2) is 63.2 Å². The number of hydrogen-bond donors (Lipinski definition) is 1. The molecule has 1 aliphatic carbocycles. The van der Waals surface area contributed by atoms with Crippen molar-refractivity contribution in [1.82, 2.24) is 9.55 Å². The highest BCUT2D eigenvalue weighted by Gasteiger charge is 2.27. The number of nitrogens with one attached hydrogen (secondary N) is 1. The number of thiophene rings is 3. The van der Waals surface area contributed by atoms with Crippen molar-refractivity contribution in [2.24, 2.45) is 0 Å². The van der Waals surface area contributed by atoms with Gasteiger partial charge in [-0.15, -0.1) is 34.0 Å². The number of rotatable bonds is 8. The molecular weight excluding hydrogens is 595 g/mol. The van der Waals surface area contributed by atoms with Crippen LogP contribution in [0.4, 0.5) is 5.00 Å². The number of nitrogens with zero attached hydrogens (tertiary/aromatic N) is 2. The standard InChI is InChI=1S/C30H27N3O4S4/c1-2-37-29(36)25-19-12-7-4-8-13-22(19)41-27(25)31-23(34)17-40-30-32-26-24(20(16-39-26)21-14-9-15-38-21)28(35)33(30)18-10-5-3-6-11-18/h3,5-6,9-11,14-16H,2,4,7-8,12-13,17H2,1H3,(H,31,34). The molecule has 0 aliphatic heterocycles. The summed E-state index contributed by atoms with van der Waals surface area (Å²) in [6.07, 6.45) is 4.93. The summed E-state index contributed by atoms with van der Waals surface area (Å²) in [6, 6.07) is 13.3. The summed E-state index contributed by atoms with van der Waals surface area (Å²) in [4.78, 5) is 47.8. The van der Waals surface area contributed by atoms with Crippen LogP contribution in [0.5, 0.6) is 0 Å². The van der Waals surface area contributed by atoms with Crippen LogP contribution in [0.3, 0.4) is 0 Å². The number of carbonyl (C=O) groups is 2. The lowest BCUT2D eigenvalue weighted by atomic mass is 10.1. The smallest absolute Gasteiger partial charge is 0.341 e. The lowest BCUT2D eigenvalue weighted by Crippen LogP contribution is -2.23. The molecule has 1 aliphatic rings. The van der Waals surface area contributed by atoms with Crippen molar-refractivity contribution in [3.05, 3.63) is 79.6 Å². The molecule has 0 radical (unpaired) electrons. The van der Waals surface area contributed by atoms with Crippen molar-refractivity contribution in [3.63, 3.8) is 0 Å². The highest BCUT2D eigenvalue weighted by Crippen LogP contribution is 2.39. The highest BCUT2D eigenvalue weighted by atomic mass is 32.2. The minimum Gasteiger partial charge on any atom is -0.462 e. The number of hydrogen-bond acceptors (Lipinski definition) is 9. The molecule has 1 amide bonds. The molecule has 0 saturated heterocycles. The zero-order valence-electron chi connectivity index (χ0n) is 22.3. The zero-order chi connectivity index (χ0) is 28.3. The molecule has 5 aromatic rings. The number of ether oxygens (including phenoxy) is 1. The van der Waals surface area contributed by atoms with Gasteiger partial charge in [0.2, 0.25) is 5.91 Å². The van der Waals surface area contributed by atoms with Crippen LogP contribution in [-0.4, -0.2) is 33.8 Å². The van der Waals surface area contributed by atoms with Gasteiger partial charge < -0.3 is 10.1 Å². The second-order valence-electron chi connectivity index (χ2n) is 9.50. The van der Waals surface area contributed by atoms with E-state index in [0.29, 0.717) is 31.6 Å². The first-order valence-electron chi connectivity index (χ1n) is 13.4. The molecule has 4 heterocycles. The van der Waals surface area contributed by atoms with E-state index in [1.807, 2.05) is 53.2 Å². The Balaban J connectivity index is 1.31. The Kier molecular flexibility index (Phi) is 8.38. The van der Waals surface area contributed by atoms with Crippen LogP contribution < -0.4 is 10.9 Å². The summed E-state index contributed by atoms with van der Waals surface area (Å²) < 4.78 is 6.94. The maximum Gasteiger partial charge on any atom is 0.341 e. The minimum atomic E-state index is -0.390. The van der Waals surface area contributed by atoms with Gasteiger partial charge in [0.05, 0.1) is 29.0 Å². The quantitative estimate of drug-likeness (QED) is 0.0840. The number of anilines is 1. The third kappa shape index (κ3) is 5.63. The average molecular weight is 622 g/mol. The van der Waals surface area contributed by atoms with Gasteiger partial charge in [0.15, 0.2) is 5.16 Å². The molecule has 7 nitrogen and oxygen atoms in total. The summed E-state index contributed by atoms with van der Waals surface area (Å²) in [5.74, 6) is -0.630. The second kappa shape index (κ2) is 12.3. The zero-order valence-corrected chi connectivity index (χ0v) is 25.6. The molecule has 210 valence electrons. The Hall–Kier alpha value is -3.25. The van der Waals surface area contributed by atoms with Crippen LogP contribution in [0.25, 0.3) is 26.3 Å². The predicted molar refractivity (Wildman–Crippen MR) is 169 cm³/mol. The van der Waals surface area contributed by atoms with E-state index < -0.39 is 0 Å². The number of carbonyl (C=O) groups excluding carboxylic acids is 2. The first kappa shape index (κ1) is 27.9. The van der Waals surface area contributed by atoms with E-state index in [2.05, 4.69) is 5.32 Å². The second-order valence-corrected chi connectivity index (χ2v) is 13.4. The number of thioether (sulfide) groups is 1. The summed E-state index contributed by atoms with van der Waals surface area (Å²) in [5.41, 5.74) is 2.90. The Labute approximate surface area is 253 Å². The number of fused-ring (bicyclic) bond motifs is 2. The lowest BCUT2D eigenvalue weighted by Gasteiger charge is -2.13. The van der Waals surface area contributed by atoms with Crippen LogP contribution in [0.1, 0.15) is 47.0 Å². The van der Waals surface area contributed by atoms with Gasteiger partial charge in [-0.1, -0.05) is 42.4 Å². The molecule has 0 atom stereocenters. The van der Waals surface area contributed by atoms with Crippen molar-refractivity contribution in [3.8, 4) is 16.1 Å². The molecule has 1 N–H and O–H groups in total. The lowest BCUT2D eigenvalue weighted by molar-refractivity contribution is -0.113. The van der Waals surface area contributed by atoms with E-state index in [1.54, 1.807) is 22.8 Å². The first-order chi connectivity index (χ1) is 20.0. The molecule has 6 rings (SSSR count). The molecule has 11 heteroatoms. The topological polar surface area (TPSA) is 90.3 Å². The third-order valence-electron chi connectivity index (χ3n) is 6.86. The molecule has 0 bridgehead atoms. The number of benzene rings is 1. The van der Waals surface area contributed by atoms with Gasteiger partial charge in [-0.05, 0) is 61.7 Å². The first-order valence-corrected chi connectivity index (χ1v) is 17.0. The van der Waals surface area contributed by atoms with Crippen molar-refractivity contribution in [2.45, 2.75) is 44.2 Å². The Morgan fingerprint density at radius 3 is 2.68 bits per heavy atom. The van der Waals surface area contributed by atoms with Gasteiger partial charge in [0.25, 0.3) is 5.56 Å². The summed E-state index contributed by atoms with van der Waals surface area (Å²) in [7, 11) is 0. The van der Waals surface area contributed by atoms with Crippen molar-refractivity contribution in [2.75, 3.05) is 17.7 Å². The van der Waals surface area contributed by atoms with Gasteiger partial charge in [-0.2, -0.15) is 0 Å². The van der Waals surface area contributed by atoms with Gasteiger partial charge in [0, 0.05) is 20.7 Å². The molecule has 4 aromatic heterocycles. The third-order valence-corrected chi connectivity index (χ3v) is 10.8. The molecule has 0 spiro atoms. The van der Waals surface area contributed by atoms with Crippen LogP contribution in [0, 0.1) is 0 Å². The monoisotopic (exact) mass is 621 g/mol. The van der Waals surface area contributed by atoms with E-state index in [9.17, 15) is 14.4 Å². The van der Waals surface area contributed by atoms with Crippen LogP contribution in [0.2, 0.25) is 0 Å². The Morgan fingerprint density at radius 1 is 1.07 bits per heavy atom. The van der Waals surface area contributed by atoms with Crippen LogP contribution in [-0.2, 0) is 22.4 Å². The largest absolute Gasteiger partial charge is 0.462 e. The van der Waals surface area contributed by atoms with Gasteiger partial charge in [0.1, 0.15) is 9.83 Å². The summed E-state index contributed by atoms with van der Waals surface area (Å²) >= 11 is 5.69. The normalized spacial score (nSPS) is 13.1. The van der Waals surface area contributed by atoms with E-state index in [1.165, 1.54) is 34.4 Å². The number of aromatic nitrogens is 2. The van der Waals surface area contributed by atoms with Crippen LogP contribution >= 0.6 is 45.8 Å². The van der Waals surface area contributed by atoms with Crippen molar-refractivity contribution < 1.29 is 14.3 Å². The van der Waals surface area contributed by atoms with Gasteiger partial charge in [-0.3, -0.25) is 14.2 Å². The average Bonchev–Trinajstić information content (AvgIpc) is 3.69. The van der Waals surface area contributed by atoms with E-state index >= 15 is 0 Å².